The third-order valence-electron chi connectivity index (χ3n) is 7.55. The van der Waals surface area contributed by atoms with Crippen molar-refractivity contribution in [2.75, 3.05) is 0 Å². The van der Waals surface area contributed by atoms with E-state index in [4.69, 9.17) is 5.48 Å². The molecule has 1 heterocycles. The van der Waals surface area contributed by atoms with Gasteiger partial charge in [-0.15, -0.1) is 0 Å². The topological polar surface area (TPSA) is 4.93 Å². The summed E-state index contributed by atoms with van der Waals surface area (Å²) in [4.78, 5) is 0. The van der Waals surface area contributed by atoms with Gasteiger partial charge < -0.3 is 4.57 Å². The monoisotopic (exact) mass is 505 g/mol. The quantitative estimate of drug-likeness (QED) is 0.225. The summed E-state index contributed by atoms with van der Waals surface area (Å²) in [5.74, 6) is 0. The molecule has 0 N–H and O–H groups in total. The Morgan fingerprint density at radius 1 is 0.605 bits per heavy atom. The highest BCUT2D eigenvalue weighted by atomic mass is 15.0. The third-order valence-corrected chi connectivity index (χ3v) is 7.55. The molecule has 1 nitrogen and oxygen atoms in total. The molecule has 4 aromatic carbocycles. The van der Waals surface area contributed by atoms with Crippen molar-refractivity contribution < 1.29 is 5.48 Å². The molecule has 0 aliphatic carbocycles. The normalized spacial score (nSPS) is 14.5. The lowest BCUT2D eigenvalue weighted by Gasteiger charge is -2.28. The van der Waals surface area contributed by atoms with Gasteiger partial charge in [0, 0.05) is 10.8 Å². The van der Waals surface area contributed by atoms with Crippen LogP contribution in [0, 0.1) is 6.92 Å². The molecule has 0 saturated carbocycles. The van der Waals surface area contributed by atoms with E-state index in [1.165, 1.54) is 21.9 Å². The van der Waals surface area contributed by atoms with Crippen molar-refractivity contribution in [2.45, 2.75) is 85.5 Å². The van der Waals surface area contributed by atoms with E-state index in [1.807, 2.05) is 12.1 Å². The summed E-state index contributed by atoms with van der Waals surface area (Å²) in [6, 6.07) is 19.7. The van der Waals surface area contributed by atoms with Gasteiger partial charge in [0.1, 0.15) is 0 Å². The van der Waals surface area contributed by atoms with Gasteiger partial charge in [-0.2, -0.15) is 0 Å². The van der Waals surface area contributed by atoms with E-state index in [1.54, 1.807) is 6.92 Å². The van der Waals surface area contributed by atoms with Gasteiger partial charge in [0.2, 0.25) is 0 Å². The maximum Gasteiger partial charge on any atom is 0.0629 e. The van der Waals surface area contributed by atoms with Crippen molar-refractivity contribution in [2.24, 2.45) is 0 Å². The van der Waals surface area contributed by atoms with Crippen molar-refractivity contribution in [3.8, 4) is 16.8 Å². The van der Waals surface area contributed by atoms with Gasteiger partial charge in [-0.1, -0.05) is 128 Å². The largest absolute Gasteiger partial charge is 0.309 e. The Morgan fingerprint density at radius 3 is 1.55 bits per heavy atom. The summed E-state index contributed by atoms with van der Waals surface area (Å²) in [5, 5.41) is 2.37. The number of fused-ring (bicyclic) bond motifs is 3. The highest BCUT2D eigenvalue weighted by Gasteiger charge is 2.27. The molecule has 196 valence electrons. The molecule has 0 unspecified atom stereocenters. The van der Waals surface area contributed by atoms with E-state index in [0.717, 1.165) is 27.8 Å². The summed E-state index contributed by atoms with van der Waals surface area (Å²) in [6.45, 7) is 21.6. The Labute approximate surface area is 235 Å². The van der Waals surface area contributed by atoms with Gasteiger partial charge in [0.15, 0.2) is 0 Å². The Kier molecular flexibility index (Phi) is 5.04. The molecule has 1 heteroatoms. The number of benzene rings is 4. The number of aromatic nitrogens is 1. The predicted molar refractivity (Wildman–Crippen MR) is 167 cm³/mol. The van der Waals surface area contributed by atoms with Crippen LogP contribution in [0.4, 0.5) is 0 Å². The van der Waals surface area contributed by atoms with Gasteiger partial charge in [-0.3, -0.25) is 0 Å². The first-order valence-electron chi connectivity index (χ1n) is 15.6. The number of hydrogen-bond acceptors (Lipinski definition) is 0. The first-order valence-corrected chi connectivity index (χ1v) is 13.6. The Morgan fingerprint density at radius 2 is 1.11 bits per heavy atom. The molecule has 5 rings (SSSR count). The fraction of sp³-hybridized carbons (Fsp3) is 0.351. The van der Waals surface area contributed by atoms with Crippen LogP contribution in [-0.2, 0) is 16.2 Å². The smallest absolute Gasteiger partial charge is 0.0629 e. The molecule has 0 amide bonds. The summed E-state index contributed by atoms with van der Waals surface area (Å²) >= 11 is 0. The third kappa shape index (κ3) is 4.57. The molecule has 38 heavy (non-hydrogen) atoms. The zero-order chi connectivity index (χ0) is 31.1. The SMILES string of the molecule is [2H]c1c([2H])c(-c2cccc(-n3c4cc(C(C)(C)C)ccc4c4ccc(C(C)(C)C)cc43)c2C(C)(C)C)c([2H])c([2H])c1C. The van der Waals surface area contributed by atoms with Crippen molar-refractivity contribution in [1.82, 2.24) is 4.57 Å². The number of rotatable bonds is 2. The standard InChI is InChI=1S/C37H43N/c1-24-14-16-25(17-15-24)28-12-11-13-31(34(28)37(8,9)10)38-32-22-26(35(2,3)4)18-20-29(32)30-21-19-27(23-33(30)38)36(5,6)7/h11-23H,1-10H3/i14D,15D,16D,17D. The summed E-state index contributed by atoms with van der Waals surface area (Å²) in [7, 11) is 0. The van der Waals surface area contributed by atoms with Gasteiger partial charge in [-0.25, -0.2) is 0 Å². The van der Waals surface area contributed by atoms with E-state index in [0.29, 0.717) is 11.1 Å². The minimum Gasteiger partial charge on any atom is -0.309 e. The van der Waals surface area contributed by atoms with E-state index in [2.05, 4.69) is 109 Å². The minimum atomic E-state index is -0.369. The highest BCUT2D eigenvalue weighted by Crippen LogP contribution is 2.42. The average molecular weight is 506 g/mol. The van der Waals surface area contributed by atoms with Crippen molar-refractivity contribution in [3.63, 3.8) is 0 Å². The molecule has 0 aliphatic heterocycles. The van der Waals surface area contributed by atoms with Gasteiger partial charge in [0.25, 0.3) is 0 Å². The molecular formula is C37H43N. The summed E-state index contributed by atoms with van der Waals surface area (Å²) in [6.07, 6.45) is 0. The van der Waals surface area contributed by atoms with Crippen molar-refractivity contribution in [1.29, 1.82) is 0 Å². The van der Waals surface area contributed by atoms with Crippen LogP contribution in [0.1, 0.15) is 90.1 Å². The van der Waals surface area contributed by atoms with Gasteiger partial charge >= 0.3 is 0 Å². The van der Waals surface area contributed by atoms with Crippen LogP contribution in [0.3, 0.4) is 0 Å². The van der Waals surface area contributed by atoms with E-state index in [9.17, 15) is 0 Å². The first kappa shape index (κ1) is 21.6. The fourth-order valence-corrected chi connectivity index (χ4v) is 5.44. The zero-order valence-corrected chi connectivity index (χ0v) is 24.6. The van der Waals surface area contributed by atoms with E-state index < -0.39 is 0 Å². The summed E-state index contributed by atoms with van der Waals surface area (Å²) in [5.41, 5.74) is 7.77. The lowest BCUT2D eigenvalue weighted by molar-refractivity contribution is 0.587. The highest BCUT2D eigenvalue weighted by molar-refractivity contribution is 6.10. The molecular weight excluding hydrogens is 458 g/mol. The molecule has 0 aliphatic rings. The van der Waals surface area contributed by atoms with E-state index >= 15 is 0 Å². The fourth-order valence-electron chi connectivity index (χ4n) is 5.44. The second-order valence-electron chi connectivity index (χ2n) is 13.7. The van der Waals surface area contributed by atoms with Crippen LogP contribution in [-0.4, -0.2) is 4.57 Å². The van der Waals surface area contributed by atoms with Crippen molar-refractivity contribution >= 4 is 21.8 Å². The van der Waals surface area contributed by atoms with E-state index in [-0.39, 0.29) is 40.4 Å². The molecule has 0 radical (unpaired) electrons. The predicted octanol–water partition coefficient (Wildman–Crippen LogP) is 10.7. The van der Waals surface area contributed by atoms with Crippen LogP contribution in [0.15, 0.2) is 78.8 Å². The lowest BCUT2D eigenvalue weighted by Crippen LogP contribution is -2.17. The Hall–Kier alpha value is -3.32. The Balaban J connectivity index is 2.00. The number of nitrogens with zero attached hydrogens (tertiary/aromatic N) is 1. The Bertz CT molecular complexity index is 1770. The second-order valence-corrected chi connectivity index (χ2v) is 13.7. The molecule has 1 aromatic heterocycles. The molecule has 0 fully saturated rings. The first-order chi connectivity index (χ1) is 19.3. The molecule has 0 bridgehead atoms. The molecule has 5 aromatic rings. The van der Waals surface area contributed by atoms with Crippen molar-refractivity contribution in [3.05, 3.63) is 101 Å². The average Bonchev–Trinajstić information content (AvgIpc) is 3.22. The van der Waals surface area contributed by atoms with Crippen LogP contribution in [0.5, 0.6) is 0 Å². The zero-order valence-electron chi connectivity index (χ0n) is 28.6. The molecule has 0 atom stereocenters. The molecule has 0 spiro atoms. The second kappa shape index (κ2) is 8.87. The lowest BCUT2D eigenvalue weighted by atomic mass is 9.80. The van der Waals surface area contributed by atoms with Gasteiger partial charge in [0.05, 0.1) is 22.2 Å². The summed E-state index contributed by atoms with van der Waals surface area (Å²) < 4.78 is 37.3. The maximum atomic E-state index is 8.92. The van der Waals surface area contributed by atoms with Crippen LogP contribution < -0.4 is 0 Å². The van der Waals surface area contributed by atoms with Crippen LogP contribution in [0.25, 0.3) is 38.6 Å². The number of hydrogen-bond donors (Lipinski definition) is 0. The van der Waals surface area contributed by atoms with Crippen LogP contribution in [0.2, 0.25) is 0 Å². The van der Waals surface area contributed by atoms with Gasteiger partial charge in [-0.05, 0) is 69.2 Å². The maximum absolute atomic E-state index is 8.92. The van der Waals surface area contributed by atoms with Crippen LogP contribution >= 0.6 is 0 Å². The minimum absolute atomic E-state index is 0.00316. The molecule has 0 saturated heterocycles.